The van der Waals surface area contributed by atoms with Crippen LogP contribution in [0, 0.1) is 0 Å². The Morgan fingerprint density at radius 2 is 1.81 bits per heavy atom. The van der Waals surface area contributed by atoms with Crippen LogP contribution in [0.4, 0.5) is 0 Å². The fourth-order valence-corrected chi connectivity index (χ4v) is 2.25. The lowest BCUT2D eigenvalue weighted by Gasteiger charge is -2.26. The van der Waals surface area contributed by atoms with E-state index in [0.29, 0.717) is 19.5 Å². The Balaban J connectivity index is 2.12. The van der Waals surface area contributed by atoms with Gasteiger partial charge in [0.25, 0.3) is 0 Å². The molecule has 1 rings (SSSR count). The Morgan fingerprint density at radius 1 is 1.19 bits per heavy atom. The van der Waals surface area contributed by atoms with Crippen LogP contribution in [0.2, 0.25) is 0 Å². The number of hydrogen-bond donors (Lipinski definition) is 3. The van der Waals surface area contributed by atoms with Crippen LogP contribution in [0.15, 0.2) is 0 Å². The normalized spacial score (nSPS) is 20.3. The van der Waals surface area contributed by atoms with Gasteiger partial charge in [0.05, 0.1) is 5.60 Å². The summed E-state index contributed by atoms with van der Waals surface area (Å²) in [5.41, 5.74) is -0.556. The Labute approximate surface area is 97.0 Å². The Morgan fingerprint density at radius 3 is 2.38 bits per heavy atom. The van der Waals surface area contributed by atoms with Crippen molar-refractivity contribution in [3.05, 3.63) is 0 Å². The molecule has 1 aliphatic rings. The van der Waals surface area contributed by atoms with Gasteiger partial charge in [-0.15, -0.1) is 0 Å². The van der Waals surface area contributed by atoms with Crippen molar-refractivity contribution < 1.29 is 15.0 Å². The molecule has 16 heavy (non-hydrogen) atoms. The maximum atomic E-state index is 10.3. The topological polar surface area (TPSA) is 69.6 Å². The average Bonchev–Trinajstić information content (AvgIpc) is 2.43. The van der Waals surface area contributed by atoms with Crippen molar-refractivity contribution in [1.82, 2.24) is 5.32 Å². The number of aliphatic carboxylic acids is 1. The summed E-state index contributed by atoms with van der Waals surface area (Å²) in [5, 5.41) is 21.9. The predicted molar refractivity (Wildman–Crippen MR) is 62.4 cm³/mol. The van der Waals surface area contributed by atoms with E-state index in [1.807, 2.05) is 0 Å². The van der Waals surface area contributed by atoms with Crippen molar-refractivity contribution in [3.8, 4) is 0 Å². The van der Waals surface area contributed by atoms with Crippen molar-refractivity contribution in [2.75, 3.05) is 13.1 Å². The van der Waals surface area contributed by atoms with Crippen molar-refractivity contribution in [1.29, 1.82) is 0 Å². The lowest BCUT2D eigenvalue weighted by Crippen LogP contribution is -2.40. The number of carboxylic acid groups (broad SMARTS) is 1. The standard InChI is InChI=1S/C12H23NO3/c14-11(15)6-5-9-13-10-12(16)7-3-1-2-4-8-12/h13,16H,1-10H2,(H,14,15). The SMILES string of the molecule is O=C(O)CCCNCC1(O)CCCCCC1. The van der Waals surface area contributed by atoms with Gasteiger partial charge in [0.15, 0.2) is 0 Å². The summed E-state index contributed by atoms with van der Waals surface area (Å²) in [6.07, 6.45) is 7.23. The highest BCUT2D eigenvalue weighted by molar-refractivity contribution is 5.66. The van der Waals surface area contributed by atoms with Gasteiger partial charge in [0, 0.05) is 13.0 Å². The third-order valence-electron chi connectivity index (χ3n) is 3.23. The van der Waals surface area contributed by atoms with Gasteiger partial charge in [-0.05, 0) is 25.8 Å². The molecular weight excluding hydrogens is 206 g/mol. The Bertz CT molecular complexity index is 210. The summed E-state index contributed by atoms with van der Waals surface area (Å²) < 4.78 is 0. The average molecular weight is 229 g/mol. The van der Waals surface area contributed by atoms with E-state index >= 15 is 0 Å². The minimum Gasteiger partial charge on any atom is -0.481 e. The second-order valence-electron chi connectivity index (χ2n) is 4.81. The molecule has 94 valence electrons. The third kappa shape index (κ3) is 5.47. The van der Waals surface area contributed by atoms with Gasteiger partial charge in [0.2, 0.25) is 0 Å². The molecule has 0 amide bonds. The fourth-order valence-electron chi connectivity index (χ4n) is 2.25. The van der Waals surface area contributed by atoms with Crippen LogP contribution in [0.25, 0.3) is 0 Å². The van der Waals surface area contributed by atoms with Crippen LogP contribution < -0.4 is 5.32 Å². The van der Waals surface area contributed by atoms with E-state index < -0.39 is 11.6 Å². The number of hydrogen-bond acceptors (Lipinski definition) is 3. The van der Waals surface area contributed by atoms with Gasteiger partial charge >= 0.3 is 5.97 Å². The third-order valence-corrected chi connectivity index (χ3v) is 3.23. The molecule has 0 atom stereocenters. The molecule has 0 aromatic rings. The van der Waals surface area contributed by atoms with Crippen LogP contribution in [-0.2, 0) is 4.79 Å². The summed E-state index contributed by atoms with van der Waals surface area (Å²) in [7, 11) is 0. The van der Waals surface area contributed by atoms with Crippen LogP contribution >= 0.6 is 0 Å². The molecule has 0 spiro atoms. The zero-order valence-corrected chi connectivity index (χ0v) is 9.87. The van der Waals surface area contributed by atoms with E-state index in [4.69, 9.17) is 5.11 Å². The van der Waals surface area contributed by atoms with Crippen molar-refractivity contribution in [3.63, 3.8) is 0 Å². The van der Waals surface area contributed by atoms with E-state index in [1.54, 1.807) is 0 Å². The van der Waals surface area contributed by atoms with Gasteiger partial charge in [-0.3, -0.25) is 4.79 Å². The number of nitrogens with one attached hydrogen (secondary N) is 1. The molecule has 1 fully saturated rings. The number of aliphatic hydroxyl groups is 1. The van der Waals surface area contributed by atoms with Crippen molar-refractivity contribution in [2.45, 2.75) is 57.0 Å². The molecule has 0 aromatic heterocycles. The molecule has 0 radical (unpaired) electrons. The second-order valence-corrected chi connectivity index (χ2v) is 4.81. The molecule has 0 aromatic carbocycles. The molecule has 4 nitrogen and oxygen atoms in total. The monoisotopic (exact) mass is 229 g/mol. The largest absolute Gasteiger partial charge is 0.481 e. The highest BCUT2D eigenvalue weighted by atomic mass is 16.4. The molecule has 0 aliphatic heterocycles. The van der Waals surface area contributed by atoms with Crippen LogP contribution in [-0.4, -0.2) is 34.9 Å². The molecule has 0 unspecified atom stereocenters. The quantitative estimate of drug-likeness (QED) is 0.477. The summed E-state index contributed by atoms with van der Waals surface area (Å²) in [5.74, 6) is -0.755. The van der Waals surface area contributed by atoms with E-state index in [1.165, 1.54) is 12.8 Å². The molecule has 1 saturated carbocycles. The van der Waals surface area contributed by atoms with Gasteiger partial charge in [0.1, 0.15) is 0 Å². The minimum absolute atomic E-state index is 0.200. The molecule has 0 heterocycles. The van der Waals surface area contributed by atoms with E-state index in [2.05, 4.69) is 5.32 Å². The predicted octanol–water partition coefficient (Wildman–Crippen LogP) is 1.53. The zero-order valence-electron chi connectivity index (χ0n) is 9.87. The maximum Gasteiger partial charge on any atom is 0.303 e. The second kappa shape index (κ2) is 6.86. The molecule has 4 heteroatoms. The van der Waals surface area contributed by atoms with Crippen molar-refractivity contribution in [2.24, 2.45) is 0 Å². The Hall–Kier alpha value is -0.610. The van der Waals surface area contributed by atoms with Crippen LogP contribution in [0.3, 0.4) is 0 Å². The number of rotatable bonds is 6. The molecule has 3 N–H and O–H groups in total. The lowest BCUT2D eigenvalue weighted by molar-refractivity contribution is -0.137. The van der Waals surface area contributed by atoms with E-state index in [0.717, 1.165) is 25.7 Å². The lowest BCUT2D eigenvalue weighted by atomic mass is 9.94. The number of carbonyl (C=O) groups is 1. The first-order valence-corrected chi connectivity index (χ1v) is 6.27. The Kier molecular flexibility index (Phi) is 5.77. The van der Waals surface area contributed by atoms with Crippen LogP contribution in [0.1, 0.15) is 51.4 Å². The van der Waals surface area contributed by atoms with Crippen molar-refractivity contribution >= 4 is 5.97 Å². The fraction of sp³-hybridized carbons (Fsp3) is 0.917. The summed E-state index contributed by atoms with van der Waals surface area (Å²) in [6.45, 7) is 1.28. The molecular formula is C12H23NO3. The first-order valence-electron chi connectivity index (χ1n) is 6.27. The van der Waals surface area contributed by atoms with Gasteiger partial charge < -0.3 is 15.5 Å². The van der Waals surface area contributed by atoms with Gasteiger partial charge in [-0.25, -0.2) is 0 Å². The van der Waals surface area contributed by atoms with E-state index in [9.17, 15) is 9.90 Å². The first-order chi connectivity index (χ1) is 7.62. The molecule has 0 bridgehead atoms. The molecule has 1 aliphatic carbocycles. The smallest absolute Gasteiger partial charge is 0.303 e. The van der Waals surface area contributed by atoms with Gasteiger partial charge in [-0.2, -0.15) is 0 Å². The first kappa shape index (κ1) is 13.5. The number of carboxylic acids is 1. The maximum absolute atomic E-state index is 10.3. The summed E-state index contributed by atoms with van der Waals surface area (Å²) in [6, 6.07) is 0. The van der Waals surface area contributed by atoms with E-state index in [-0.39, 0.29) is 6.42 Å². The van der Waals surface area contributed by atoms with Crippen LogP contribution in [0.5, 0.6) is 0 Å². The van der Waals surface area contributed by atoms with Gasteiger partial charge in [-0.1, -0.05) is 25.7 Å². The zero-order chi connectivity index (χ0) is 11.9. The summed E-state index contributed by atoms with van der Waals surface area (Å²) in [4.78, 5) is 10.3. The minimum atomic E-state index is -0.755. The highest BCUT2D eigenvalue weighted by Crippen LogP contribution is 2.26. The highest BCUT2D eigenvalue weighted by Gasteiger charge is 2.27. The molecule has 0 saturated heterocycles. The summed E-state index contributed by atoms with van der Waals surface area (Å²) >= 11 is 0.